The fourth-order valence-corrected chi connectivity index (χ4v) is 1.70. The van der Waals surface area contributed by atoms with Crippen LogP contribution < -0.4 is 4.74 Å². The maximum absolute atomic E-state index is 11.4. The zero-order valence-electron chi connectivity index (χ0n) is 8.26. The first-order chi connectivity index (χ1) is 6.61. The lowest BCUT2D eigenvalue weighted by Gasteiger charge is -2.11. The summed E-state index contributed by atoms with van der Waals surface area (Å²) >= 11 is 3.31. The summed E-state index contributed by atoms with van der Waals surface area (Å²) in [5, 5.41) is 0. The molecule has 0 amide bonds. The van der Waals surface area contributed by atoms with Crippen molar-refractivity contribution in [2.24, 2.45) is 0 Å². The average molecular weight is 259 g/mol. The van der Waals surface area contributed by atoms with E-state index in [2.05, 4.69) is 20.7 Å². The molecule has 3 nitrogen and oxygen atoms in total. The van der Waals surface area contributed by atoms with Gasteiger partial charge in [-0.1, -0.05) is 6.07 Å². The average Bonchev–Trinajstić information content (AvgIpc) is 2.19. The van der Waals surface area contributed by atoms with Crippen LogP contribution in [0, 0.1) is 6.92 Å². The van der Waals surface area contributed by atoms with Crippen LogP contribution in [-0.4, -0.2) is 20.2 Å². The summed E-state index contributed by atoms with van der Waals surface area (Å²) in [6, 6.07) is 3.67. The standard InChI is InChI=1S/C10H11BrO3/c1-6-4-5-7(11)9(13-2)8(6)10(12)14-3/h4-5H,1-3H3. The van der Waals surface area contributed by atoms with E-state index in [1.807, 2.05) is 19.1 Å². The summed E-state index contributed by atoms with van der Waals surface area (Å²) in [6.07, 6.45) is 0. The maximum atomic E-state index is 11.4. The minimum absolute atomic E-state index is 0.388. The predicted molar refractivity (Wildman–Crippen MR) is 56.8 cm³/mol. The third-order valence-corrected chi connectivity index (χ3v) is 2.54. The zero-order chi connectivity index (χ0) is 10.7. The van der Waals surface area contributed by atoms with Crippen LogP contribution in [0.1, 0.15) is 15.9 Å². The van der Waals surface area contributed by atoms with Crippen molar-refractivity contribution in [2.45, 2.75) is 6.92 Å². The molecule has 0 saturated carbocycles. The molecule has 0 radical (unpaired) electrons. The lowest BCUT2D eigenvalue weighted by Crippen LogP contribution is -2.06. The maximum Gasteiger partial charge on any atom is 0.341 e. The molecule has 14 heavy (non-hydrogen) atoms. The molecule has 0 aromatic heterocycles. The molecule has 0 fully saturated rings. The van der Waals surface area contributed by atoms with Crippen LogP contribution in [0.15, 0.2) is 16.6 Å². The van der Waals surface area contributed by atoms with E-state index >= 15 is 0 Å². The van der Waals surface area contributed by atoms with Crippen LogP contribution in [0.5, 0.6) is 5.75 Å². The van der Waals surface area contributed by atoms with Gasteiger partial charge in [-0.25, -0.2) is 4.79 Å². The van der Waals surface area contributed by atoms with Gasteiger partial charge in [-0.3, -0.25) is 0 Å². The largest absolute Gasteiger partial charge is 0.495 e. The minimum atomic E-state index is -0.388. The van der Waals surface area contributed by atoms with Gasteiger partial charge < -0.3 is 9.47 Å². The SMILES string of the molecule is COC(=O)c1c(C)ccc(Br)c1OC. The number of esters is 1. The Labute approximate surface area is 91.1 Å². The quantitative estimate of drug-likeness (QED) is 0.765. The second-order valence-corrected chi connectivity index (χ2v) is 3.62. The van der Waals surface area contributed by atoms with Crippen LogP contribution >= 0.6 is 15.9 Å². The van der Waals surface area contributed by atoms with Gasteiger partial charge in [-0.05, 0) is 34.5 Å². The Hall–Kier alpha value is -1.03. The Balaban J connectivity index is 3.37. The molecular formula is C10H11BrO3. The van der Waals surface area contributed by atoms with E-state index in [1.165, 1.54) is 14.2 Å². The second kappa shape index (κ2) is 4.46. The lowest BCUT2D eigenvalue weighted by atomic mass is 10.1. The number of hydrogen-bond donors (Lipinski definition) is 0. The highest BCUT2D eigenvalue weighted by Gasteiger charge is 2.17. The van der Waals surface area contributed by atoms with Crippen LogP contribution in [0.25, 0.3) is 0 Å². The van der Waals surface area contributed by atoms with Gasteiger partial charge in [0.15, 0.2) is 0 Å². The van der Waals surface area contributed by atoms with E-state index in [-0.39, 0.29) is 5.97 Å². The fourth-order valence-electron chi connectivity index (χ4n) is 1.21. The van der Waals surface area contributed by atoms with Gasteiger partial charge in [0.1, 0.15) is 11.3 Å². The Kier molecular flexibility index (Phi) is 3.52. The van der Waals surface area contributed by atoms with Gasteiger partial charge in [0.05, 0.1) is 18.7 Å². The molecule has 0 N–H and O–H groups in total. The molecular weight excluding hydrogens is 248 g/mol. The molecule has 4 heteroatoms. The summed E-state index contributed by atoms with van der Waals surface area (Å²) in [5.41, 5.74) is 1.29. The lowest BCUT2D eigenvalue weighted by molar-refractivity contribution is 0.0596. The van der Waals surface area contributed by atoms with Gasteiger partial charge in [0.25, 0.3) is 0 Å². The van der Waals surface area contributed by atoms with Crippen molar-refractivity contribution in [1.82, 2.24) is 0 Å². The first kappa shape index (κ1) is 11.0. The first-order valence-corrected chi connectivity index (χ1v) is 4.82. The molecule has 0 saturated heterocycles. The Morgan fingerprint density at radius 2 is 2.00 bits per heavy atom. The summed E-state index contributed by atoms with van der Waals surface area (Å²) in [4.78, 5) is 11.4. The monoisotopic (exact) mass is 258 g/mol. The number of rotatable bonds is 2. The Morgan fingerprint density at radius 3 is 2.50 bits per heavy atom. The second-order valence-electron chi connectivity index (χ2n) is 2.76. The van der Waals surface area contributed by atoms with Gasteiger partial charge in [0.2, 0.25) is 0 Å². The molecule has 0 unspecified atom stereocenters. The van der Waals surface area contributed by atoms with Crippen LogP contribution in [0.2, 0.25) is 0 Å². The van der Waals surface area contributed by atoms with E-state index in [9.17, 15) is 4.79 Å². The number of carbonyl (C=O) groups excluding carboxylic acids is 1. The first-order valence-electron chi connectivity index (χ1n) is 4.03. The summed E-state index contributed by atoms with van der Waals surface area (Å²) < 4.78 is 10.5. The van der Waals surface area contributed by atoms with Crippen molar-refractivity contribution in [3.63, 3.8) is 0 Å². The Bertz CT molecular complexity index is 361. The van der Waals surface area contributed by atoms with E-state index in [4.69, 9.17) is 4.74 Å². The van der Waals surface area contributed by atoms with Crippen LogP contribution in [-0.2, 0) is 4.74 Å². The van der Waals surface area contributed by atoms with E-state index in [0.29, 0.717) is 11.3 Å². The molecule has 0 heterocycles. The normalized spacial score (nSPS) is 9.71. The zero-order valence-corrected chi connectivity index (χ0v) is 9.84. The molecule has 1 aromatic rings. The number of hydrogen-bond acceptors (Lipinski definition) is 3. The van der Waals surface area contributed by atoms with Gasteiger partial charge >= 0.3 is 5.97 Å². The molecule has 0 atom stereocenters. The van der Waals surface area contributed by atoms with Crippen molar-refractivity contribution >= 4 is 21.9 Å². The third-order valence-electron chi connectivity index (χ3n) is 1.91. The molecule has 0 bridgehead atoms. The number of benzene rings is 1. The molecule has 76 valence electrons. The topological polar surface area (TPSA) is 35.5 Å². The number of aryl methyl sites for hydroxylation is 1. The van der Waals surface area contributed by atoms with Gasteiger partial charge in [0, 0.05) is 0 Å². The van der Waals surface area contributed by atoms with E-state index in [1.54, 1.807) is 0 Å². The summed E-state index contributed by atoms with van der Waals surface area (Å²) in [5.74, 6) is 0.123. The van der Waals surface area contributed by atoms with Crippen molar-refractivity contribution in [2.75, 3.05) is 14.2 Å². The molecule has 0 aliphatic rings. The third kappa shape index (κ3) is 1.90. The van der Waals surface area contributed by atoms with Crippen molar-refractivity contribution in [1.29, 1.82) is 0 Å². The Morgan fingerprint density at radius 1 is 1.36 bits per heavy atom. The highest BCUT2D eigenvalue weighted by Crippen LogP contribution is 2.31. The van der Waals surface area contributed by atoms with Gasteiger partial charge in [-0.15, -0.1) is 0 Å². The van der Waals surface area contributed by atoms with Crippen molar-refractivity contribution < 1.29 is 14.3 Å². The molecule has 0 spiro atoms. The smallest absolute Gasteiger partial charge is 0.341 e. The molecule has 0 aliphatic carbocycles. The van der Waals surface area contributed by atoms with Crippen LogP contribution in [0.4, 0.5) is 0 Å². The number of ether oxygens (including phenoxy) is 2. The highest BCUT2D eigenvalue weighted by molar-refractivity contribution is 9.10. The predicted octanol–water partition coefficient (Wildman–Crippen LogP) is 2.55. The number of methoxy groups -OCH3 is 2. The summed E-state index contributed by atoms with van der Waals surface area (Å²) in [7, 11) is 2.87. The van der Waals surface area contributed by atoms with E-state index < -0.39 is 0 Å². The van der Waals surface area contributed by atoms with Gasteiger partial charge in [-0.2, -0.15) is 0 Å². The fraction of sp³-hybridized carbons (Fsp3) is 0.300. The highest BCUT2D eigenvalue weighted by atomic mass is 79.9. The van der Waals surface area contributed by atoms with E-state index in [0.717, 1.165) is 10.0 Å². The minimum Gasteiger partial charge on any atom is -0.495 e. The summed E-state index contributed by atoms with van der Waals surface area (Å²) in [6.45, 7) is 1.83. The van der Waals surface area contributed by atoms with Crippen LogP contribution in [0.3, 0.4) is 0 Å². The number of carbonyl (C=O) groups is 1. The molecule has 1 rings (SSSR count). The van der Waals surface area contributed by atoms with Crippen molar-refractivity contribution in [3.05, 3.63) is 27.7 Å². The molecule has 0 aliphatic heterocycles. The number of halogens is 1. The molecule has 1 aromatic carbocycles. The van der Waals surface area contributed by atoms with Crippen molar-refractivity contribution in [3.8, 4) is 5.75 Å².